The number of rotatable bonds is 6. The highest BCUT2D eigenvalue weighted by atomic mass is 19.4. The van der Waals surface area contributed by atoms with Crippen LogP contribution in [0.15, 0.2) is 42.6 Å². The van der Waals surface area contributed by atoms with E-state index < -0.39 is 53.6 Å². The van der Waals surface area contributed by atoms with Gasteiger partial charge in [0, 0.05) is 12.7 Å². The zero-order chi connectivity index (χ0) is 22.5. The Labute approximate surface area is 165 Å². The summed E-state index contributed by atoms with van der Waals surface area (Å²) in [6.45, 7) is -0.310. The molecule has 1 aromatic carbocycles. The summed E-state index contributed by atoms with van der Waals surface area (Å²) in [5.41, 5.74) is -2.91. The number of carboxylic acids is 1. The third-order valence-corrected chi connectivity index (χ3v) is 3.89. The van der Waals surface area contributed by atoms with E-state index in [9.17, 15) is 35.9 Å². The van der Waals surface area contributed by atoms with E-state index in [1.54, 1.807) is 0 Å². The predicted molar refractivity (Wildman–Crippen MR) is 91.3 cm³/mol. The van der Waals surface area contributed by atoms with Crippen molar-refractivity contribution in [2.45, 2.75) is 24.8 Å². The molecule has 1 heterocycles. The smallest absolute Gasteiger partial charge is 0.418 e. The Balaban J connectivity index is 2.41. The van der Waals surface area contributed by atoms with Crippen LogP contribution in [0.5, 0.6) is 0 Å². The predicted octanol–water partition coefficient (Wildman–Crippen LogP) is 3.98. The molecule has 162 valence electrons. The van der Waals surface area contributed by atoms with Crippen LogP contribution in [0.25, 0.3) is 0 Å². The van der Waals surface area contributed by atoms with Gasteiger partial charge in [-0.05, 0) is 29.8 Å². The summed E-state index contributed by atoms with van der Waals surface area (Å²) < 4.78 is 78.5. The summed E-state index contributed by atoms with van der Waals surface area (Å²) in [4.78, 5) is 26.3. The maximum Gasteiger partial charge on any atom is 0.418 e. The number of pyridine rings is 1. The number of benzene rings is 1. The Kier molecular flexibility index (Phi) is 6.90. The SMILES string of the molecule is O=C(O)CCNC(=O)NC(c1ccc(C(F)(F)F)cc1)c1ncccc1C(F)(F)F. The van der Waals surface area contributed by atoms with E-state index in [0.29, 0.717) is 12.1 Å². The number of nitrogens with zero attached hydrogens (tertiary/aromatic N) is 1. The highest BCUT2D eigenvalue weighted by Crippen LogP contribution is 2.36. The molecule has 1 aromatic heterocycles. The van der Waals surface area contributed by atoms with E-state index in [0.717, 1.165) is 30.5 Å². The molecule has 0 radical (unpaired) electrons. The van der Waals surface area contributed by atoms with E-state index in [4.69, 9.17) is 5.11 Å². The molecule has 0 saturated carbocycles. The first-order chi connectivity index (χ1) is 13.9. The number of carbonyl (C=O) groups is 2. The van der Waals surface area contributed by atoms with Gasteiger partial charge in [-0.3, -0.25) is 9.78 Å². The average molecular weight is 435 g/mol. The first-order valence-corrected chi connectivity index (χ1v) is 8.35. The van der Waals surface area contributed by atoms with Crippen LogP contribution in [0.1, 0.15) is 34.8 Å². The molecule has 0 bridgehead atoms. The summed E-state index contributed by atoms with van der Waals surface area (Å²) >= 11 is 0. The Morgan fingerprint density at radius 1 is 1.00 bits per heavy atom. The molecule has 2 aromatic rings. The van der Waals surface area contributed by atoms with Crippen molar-refractivity contribution in [1.82, 2.24) is 15.6 Å². The van der Waals surface area contributed by atoms with Gasteiger partial charge in [0.25, 0.3) is 0 Å². The van der Waals surface area contributed by atoms with Crippen molar-refractivity contribution in [1.29, 1.82) is 0 Å². The molecule has 2 rings (SSSR count). The van der Waals surface area contributed by atoms with Crippen molar-refractivity contribution >= 4 is 12.0 Å². The molecule has 0 aliphatic heterocycles. The normalized spacial score (nSPS) is 12.9. The molecular formula is C18H15F6N3O3. The molecule has 0 aliphatic carbocycles. The van der Waals surface area contributed by atoms with Crippen LogP contribution in [0.2, 0.25) is 0 Å². The van der Waals surface area contributed by atoms with E-state index in [1.165, 1.54) is 0 Å². The third kappa shape index (κ3) is 6.09. The monoisotopic (exact) mass is 435 g/mol. The number of hydrogen-bond acceptors (Lipinski definition) is 3. The third-order valence-electron chi connectivity index (χ3n) is 3.89. The number of nitrogens with one attached hydrogen (secondary N) is 2. The van der Waals surface area contributed by atoms with Crippen molar-refractivity contribution < 1.29 is 41.0 Å². The number of carbonyl (C=O) groups excluding carboxylic acids is 1. The second kappa shape index (κ2) is 9.01. The highest BCUT2D eigenvalue weighted by Gasteiger charge is 2.37. The Morgan fingerprint density at radius 2 is 1.63 bits per heavy atom. The molecule has 1 atom stereocenters. The van der Waals surface area contributed by atoms with Crippen molar-refractivity contribution in [3.8, 4) is 0 Å². The van der Waals surface area contributed by atoms with Gasteiger partial charge in [-0.25, -0.2) is 4.79 Å². The van der Waals surface area contributed by atoms with Crippen LogP contribution >= 0.6 is 0 Å². The second-order valence-electron chi connectivity index (χ2n) is 6.03. The Hall–Kier alpha value is -3.31. The summed E-state index contributed by atoms with van der Waals surface area (Å²) in [5.74, 6) is -1.21. The summed E-state index contributed by atoms with van der Waals surface area (Å²) in [5, 5.41) is 12.9. The van der Waals surface area contributed by atoms with Gasteiger partial charge in [-0.2, -0.15) is 26.3 Å². The maximum atomic E-state index is 13.4. The first kappa shape index (κ1) is 23.0. The highest BCUT2D eigenvalue weighted by molar-refractivity contribution is 5.76. The molecule has 0 fully saturated rings. The minimum absolute atomic E-state index is 0.0828. The second-order valence-corrected chi connectivity index (χ2v) is 6.03. The lowest BCUT2D eigenvalue weighted by molar-refractivity contribution is -0.139. The first-order valence-electron chi connectivity index (χ1n) is 8.35. The van der Waals surface area contributed by atoms with E-state index in [1.807, 2.05) is 0 Å². The number of amides is 2. The number of hydrogen-bond donors (Lipinski definition) is 3. The molecule has 0 spiro atoms. The van der Waals surface area contributed by atoms with Gasteiger partial charge in [0.05, 0.1) is 29.3 Å². The molecular weight excluding hydrogens is 420 g/mol. The van der Waals surface area contributed by atoms with E-state index >= 15 is 0 Å². The zero-order valence-corrected chi connectivity index (χ0v) is 15.0. The average Bonchev–Trinajstić information content (AvgIpc) is 2.64. The lowest BCUT2D eigenvalue weighted by atomic mass is 9.98. The van der Waals surface area contributed by atoms with Crippen LogP contribution in [-0.2, 0) is 17.1 Å². The largest absolute Gasteiger partial charge is 0.481 e. The minimum atomic E-state index is -4.84. The molecule has 1 unspecified atom stereocenters. The topological polar surface area (TPSA) is 91.3 Å². The Bertz CT molecular complexity index is 897. The van der Waals surface area contributed by atoms with Gasteiger partial charge in [0.1, 0.15) is 0 Å². The number of aliphatic carboxylic acids is 1. The van der Waals surface area contributed by atoms with Gasteiger partial charge in [0.2, 0.25) is 0 Å². The van der Waals surface area contributed by atoms with Crippen LogP contribution in [0.3, 0.4) is 0 Å². The minimum Gasteiger partial charge on any atom is -0.481 e. The van der Waals surface area contributed by atoms with Crippen LogP contribution in [0, 0.1) is 0 Å². The molecule has 12 heteroatoms. The summed E-state index contributed by atoms with van der Waals surface area (Å²) in [7, 11) is 0. The number of alkyl halides is 6. The number of carboxylic acid groups (broad SMARTS) is 1. The van der Waals surface area contributed by atoms with E-state index in [-0.39, 0.29) is 12.1 Å². The fourth-order valence-electron chi connectivity index (χ4n) is 2.53. The summed E-state index contributed by atoms with van der Waals surface area (Å²) in [6.07, 6.45) is -8.88. The number of aromatic nitrogens is 1. The van der Waals surface area contributed by atoms with Gasteiger partial charge < -0.3 is 15.7 Å². The molecule has 0 aliphatic rings. The van der Waals surface area contributed by atoms with Gasteiger partial charge >= 0.3 is 24.4 Å². The van der Waals surface area contributed by atoms with Gasteiger partial charge in [-0.1, -0.05) is 12.1 Å². The Morgan fingerprint density at radius 3 is 2.17 bits per heavy atom. The quantitative estimate of drug-likeness (QED) is 0.599. The van der Waals surface area contributed by atoms with Crippen LogP contribution in [-0.4, -0.2) is 28.6 Å². The van der Waals surface area contributed by atoms with Crippen molar-refractivity contribution in [2.75, 3.05) is 6.54 Å². The fraction of sp³-hybridized carbons (Fsp3) is 0.278. The molecule has 2 amide bonds. The molecule has 0 saturated heterocycles. The molecule has 3 N–H and O–H groups in total. The number of urea groups is 1. The van der Waals surface area contributed by atoms with Gasteiger partial charge in [-0.15, -0.1) is 0 Å². The van der Waals surface area contributed by atoms with Crippen molar-refractivity contribution in [3.63, 3.8) is 0 Å². The fourth-order valence-corrected chi connectivity index (χ4v) is 2.53. The molecule has 30 heavy (non-hydrogen) atoms. The lowest BCUT2D eigenvalue weighted by Crippen LogP contribution is -2.40. The summed E-state index contributed by atoms with van der Waals surface area (Å²) in [6, 6.07) is 2.40. The van der Waals surface area contributed by atoms with Crippen LogP contribution in [0.4, 0.5) is 31.1 Å². The number of halogens is 6. The molecule has 6 nitrogen and oxygen atoms in total. The maximum absolute atomic E-state index is 13.4. The lowest BCUT2D eigenvalue weighted by Gasteiger charge is -2.23. The van der Waals surface area contributed by atoms with Crippen molar-refractivity contribution in [3.05, 3.63) is 65.0 Å². The standard InChI is InChI=1S/C18H15F6N3O3/c19-17(20,21)11-5-3-10(4-6-11)14(27-16(30)26-9-7-13(28)29)15-12(18(22,23)24)2-1-8-25-15/h1-6,8,14H,7,9H2,(H,28,29)(H2,26,27,30). The van der Waals surface area contributed by atoms with Crippen molar-refractivity contribution in [2.24, 2.45) is 0 Å². The van der Waals surface area contributed by atoms with Gasteiger partial charge in [0.15, 0.2) is 0 Å². The zero-order valence-electron chi connectivity index (χ0n) is 15.0. The van der Waals surface area contributed by atoms with E-state index in [2.05, 4.69) is 15.6 Å². The van der Waals surface area contributed by atoms with Crippen LogP contribution < -0.4 is 10.6 Å².